The quantitative estimate of drug-likeness (QED) is 0.449. The number of halogens is 3. The van der Waals surface area contributed by atoms with E-state index in [4.69, 9.17) is 9.47 Å². The number of hydrogen-bond donors (Lipinski definition) is 0. The van der Waals surface area contributed by atoms with Crippen molar-refractivity contribution in [3.63, 3.8) is 0 Å². The van der Waals surface area contributed by atoms with Gasteiger partial charge in [-0.2, -0.15) is 17.5 Å². The van der Waals surface area contributed by atoms with E-state index in [9.17, 15) is 22.8 Å². The number of ether oxygens (including phenoxy) is 2. The van der Waals surface area contributed by atoms with Crippen LogP contribution in [0.2, 0.25) is 0 Å². The van der Waals surface area contributed by atoms with Gasteiger partial charge in [0.05, 0.1) is 17.0 Å². The minimum absolute atomic E-state index is 0.126. The zero-order chi connectivity index (χ0) is 23.3. The molecule has 1 saturated heterocycles. The van der Waals surface area contributed by atoms with Gasteiger partial charge in [0.1, 0.15) is 17.5 Å². The maximum absolute atomic E-state index is 13.1. The Kier molecular flexibility index (Phi) is 5.19. The minimum atomic E-state index is -4.83. The molecule has 1 aliphatic rings. The lowest BCUT2D eigenvalue weighted by Gasteiger charge is -2.14. The van der Waals surface area contributed by atoms with E-state index in [-0.39, 0.29) is 11.8 Å². The Balaban J connectivity index is 1.55. The highest BCUT2D eigenvalue weighted by molar-refractivity contribution is 7.13. The lowest BCUT2D eigenvalue weighted by atomic mass is 10.1. The Bertz CT molecular complexity index is 1460. The molecule has 2 atom stereocenters. The van der Waals surface area contributed by atoms with Crippen molar-refractivity contribution < 1.29 is 22.6 Å². The van der Waals surface area contributed by atoms with E-state index in [1.54, 1.807) is 6.07 Å². The third-order valence-corrected chi connectivity index (χ3v) is 6.27. The molecular weight excluding hydrogens is 459 g/mol. The number of alkyl halides is 3. The van der Waals surface area contributed by atoms with Crippen LogP contribution < -0.4 is 11.2 Å². The Hall–Kier alpha value is -3.28. The van der Waals surface area contributed by atoms with E-state index >= 15 is 0 Å². The fourth-order valence-corrected chi connectivity index (χ4v) is 4.55. The maximum atomic E-state index is 13.1. The van der Waals surface area contributed by atoms with E-state index in [0.717, 1.165) is 17.3 Å². The fraction of sp³-hybridized carbons (Fsp3) is 0.227. The van der Waals surface area contributed by atoms with Crippen molar-refractivity contribution in [2.45, 2.75) is 18.6 Å². The van der Waals surface area contributed by atoms with E-state index in [1.165, 1.54) is 23.7 Å². The maximum Gasteiger partial charge on any atom is 0.431 e. The molecule has 0 saturated carbocycles. The van der Waals surface area contributed by atoms with Gasteiger partial charge in [0, 0.05) is 18.5 Å². The zero-order valence-corrected chi connectivity index (χ0v) is 17.9. The van der Waals surface area contributed by atoms with Crippen molar-refractivity contribution >= 4 is 21.6 Å². The first-order valence-electron chi connectivity index (χ1n) is 9.86. The summed E-state index contributed by atoms with van der Waals surface area (Å²) in [4.78, 5) is 25.1. The number of rotatable bonds is 3. The first-order chi connectivity index (χ1) is 15.7. The second-order valence-electron chi connectivity index (χ2n) is 7.49. The summed E-state index contributed by atoms with van der Waals surface area (Å²) in [7, 11) is 0.973. The lowest BCUT2D eigenvalue weighted by molar-refractivity contribution is -0.144. The van der Waals surface area contributed by atoms with E-state index in [1.807, 2.05) is 30.3 Å². The second-order valence-corrected chi connectivity index (χ2v) is 8.30. The smallest absolute Gasteiger partial charge is 0.344 e. The molecular formula is C22H16F3N3O4S. The number of aromatic nitrogens is 3. The third kappa shape index (κ3) is 3.77. The van der Waals surface area contributed by atoms with Crippen LogP contribution in [0.15, 0.2) is 64.2 Å². The van der Waals surface area contributed by atoms with Crippen molar-refractivity contribution in [1.29, 1.82) is 0 Å². The molecule has 2 aromatic carbocycles. The van der Waals surface area contributed by atoms with Crippen LogP contribution in [0.4, 0.5) is 13.2 Å². The standard InChI is InChI=1S/C22H16F3N3O4S/c1-27-17(22(23,24)25)10-18(29)28(21(27)30)13-7-8-16-14(9-13)19(26-33-16)20-31-11-15(32-20)12-5-3-2-4-6-12/h2-10,15,20H,11H2,1H3. The van der Waals surface area contributed by atoms with Gasteiger partial charge in [0.2, 0.25) is 6.29 Å². The molecule has 0 bridgehead atoms. The highest BCUT2D eigenvalue weighted by Crippen LogP contribution is 2.38. The van der Waals surface area contributed by atoms with Gasteiger partial charge in [-0.25, -0.2) is 9.36 Å². The predicted molar refractivity (Wildman–Crippen MR) is 114 cm³/mol. The van der Waals surface area contributed by atoms with Crippen molar-refractivity contribution in [1.82, 2.24) is 13.5 Å². The molecule has 1 aliphatic heterocycles. The average Bonchev–Trinajstić information content (AvgIpc) is 3.43. The van der Waals surface area contributed by atoms with Crippen molar-refractivity contribution in [3.05, 3.63) is 92.4 Å². The van der Waals surface area contributed by atoms with E-state index in [0.29, 0.717) is 32.9 Å². The summed E-state index contributed by atoms with van der Waals surface area (Å²) in [6.07, 6.45) is -5.86. The van der Waals surface area contributed by atoms with Gasteiger partial charge in [-0.15, -0.1) is 0 Å². The van der Waals surface area contributed by atoms with Crippen LogP contribution in [-0.2, 0) is 22.7 Å². The summed E-state index contributed by atoms with van der Waals surface area (Å²) in [5.74, 6) is 0. The van der Waals surface area contributed by atoms with E-state index in [2.05, 4.69) is 4.37 Å². The minimum Gasteiger partial charge on any atom is -0.344 e. The predicted octanol–water partition coefficient (Wildman–Crippen LogP) is 3.95. The van der Waals surface area contributed by atoms with Crippen molar-refractivity contribution in [2.24, 2.45) is 7.05 Å². The summed E-state index contributed by atoms with van der Waals surface area (Å²) < 4.78 is 57.5. The van der Waals surface area contributed by atoms with Gasteiger partial charge < -0.3 is 9.47 Å². The second kappa shape index (κ2) is 7.94. The molecule has 3 heterocycles. The first-order valence-corrected chi connectivity index (χ1v) is 10.6. The molecule has 4 aromatic rings. The van der Waals surface area contributed by atoms with Crippen LogP contribution in [0.5, 0.6) is 0 Å². The van der Waals surface area contributed by atoms with E-state index < -0.39 is 29.4 Å². The molecule has 11 heteroatoms. The topological polar surface area (TPSA) is 75.3 Å². The number of hydrogen-bond acceptors (Lipinski definition) is 6. The Morgan fingerprint density at radius 3 is 2.58 bits per heavy atom. The summed E-state index contributed by atoms with van der Waals surface area (Å²) >= 11 is 1.19. The Labute approximate surface area is 188 Å². The van der Waals surface area contributed by atoms with Crippen LogP contribution in [-0.4, -0.2) is 20.1 Å². The van der Waals surface area contributed by atoms with Gasteiger partial charge >= 0.3 is 11.9 Å². The molecule has 2 aromatic heterocycles. The van der Waals surface area contributed by atoms with Gasteiger partial charge in [-0.3, -0.25) is 9.36 Å². The van der Waals surface area contributed by atoms with Gasteiger partial charge in [0.15, 0.2) is 0 Å². The monoisotopic (exact) mass is 475 g/mol. The van der Waals surface area contributed by atoms with Gasteiger partial charge in [-0.1, -0.05) is 30.3 Å². The number of fused-ring (bicyclic) bond motifs is 1. The van der Waals surface area contributed by atoms with Crippen LogP contribution in [0.1, 0.15) is 29.3 Å². The van der Waals surface area contributed by atoms with Crippen molar-refractivity contribution in [2.75, 3.05) is 6.61 Å². The van der Waals surface area contributed by atoms with Crippen molar-refractivity contribution in [3.8, 4) is 5.69 Å². The number of nitrogens with zero attached hydrogens (tertiary/aromatic N) is 3. The average molecular weight is 475 g/mol. The van der Waals surface area contributed by atoms with Gasteiger partial charge in [0.25, 0.3) is 5.56 Å². The molecule has 5 rings (SSSR count). The molecule has 0 N–H and O–H groups in total. The molecule has 1 fully saturated rings. The molecule has 2 unspecified atom stereocenters. The summed E-state index contributed by atoms with van der Waals surface area (Å²) in [6.45, 7) is 0.326. The largest absolute Gasteiger partial charge is 0.431 e. The molecule has 0 amide bonds. The van der Waals surface area contributed by atoms with Crippen LogP contribution in [0.3, 0.4) is 0 Å². The molecule has 33 heavy (non-hydrogen) atoms. The Morgan fingerprint density at radius 2 is 1.85 bits per heavy atom. The molecule has 0 aliphatic carbocycles. The lowest BCUT2D eigenvalue weighted by Crippen LogP contribution is -2.40. The normalized spacial score (nSPS) is 18.8. The van der Waals surface area contributed by atoms with Crippen LogP contribution >= 0.6 is 11.5 Å². The van der Waals surface area contributed by atoms with Gasteiger partial charge in [-0.05, 0) is 35.3 Å². The van der Waals surface area contributed by atoms with Crippen LogP contribution in [0, 0.1) is 0 Å². The third-order valence-electron chi connectivity index (χ3n) is 5.43. The molecule has 0 spiro atoms. The zero-order valence-electron chi connectivity index (χ0n) is 17.1. The number of benzene rings is 2. The highest BCUT2D eigenvalue weighted by atomic mass is 32.1. The first kappa shape index (κ1) is 21.6. The molecule has 0 radical (unpaired) electrons. The van der Waals surface area contributed by atoms with Crippen LogP contribution in [0.25, 0.3) is 15.8 Å². The highest BCUT2D eigenvalue weighted by Gasteiger charge is 2.35. The Morgan fingerprint density at radius 1 is 1.09 bits per heavy atom. The fourth-order valence-electron chi connectivity index (χ4n) is 3.78. The SMILES string of the molecule is Cn1c(C(F)(F)F)cc(=O)n(-c2ccc3snc(C4OCC(c5ccccc5)O4)c3c2)c1=O. The molecule has 7 nitrogen and oxygen atoms in total. The molecule has 170 valence electrons. The summed E-state index contributed by atoms with van der Waals surface area (Å²) in [6, 6.07) is 14.7. The summed E-state index contributed by atoms with van der Waals surface area (Å²) in [5.41, 5.74) is -1.93. The summed E-state index contributed by atoms with van der Waals surface area (Å²) in [5, 5.41) is 0.588.